The lowest BCUT2D eigenvalue weighted by molar-refractivity contribution is -0.112. The topological polar surface area (TPSA) is 30.2 Å². The first-order valence-corrected chi connectivity index (χ1v) is 6.92. The summed E-state index contributed by atoms with van der Waals surface area (Å²) in [4.78, 5) is 11.3. The van der Waals surface area contributed by atoms with Crippen molar-refractivity contribution in [3.63, 3.8) is 0 Å². The highest BCUT2D eigenvalue weighted by Gasteiger charge is 2.13. The summed E-state index contributed by atoms with van der Waals surface area (Å²) in [5, 5.41) is 1.02. The summed E-state index contributed by atoms with van der Waals surface area (Å²) in [5.41, 5.74) is 4.00. The maximum atomic E-state index is 11.3. The van der Waals surface area contributed by atoms with Crippen molar-refractivity contribution in [3.05, 3.63) is 65.7 Å². The molecule has 0 fully saturated rings. The molecule has 0 aliphatic carbocycles. The van der Waals surface area contributed by atoms with Crippen molar-refractivity contribution in [2.24, 2.45) is 0 Å². The predicted molar refractivity (Wildman–Crippen MR) is 86.1 cm³/mol. The van der Waals surface area contributed by atoms with E-state index in [-0.39, 0.29) is 5.78 Å². The van der Waals surface area contributed by atoms with Crippen molar-refractivity contribution in [3.8, 4) is 11.3 Å². The van der Waals surface area contributed by atoms with E-state index in [1.807, 2.05) is 42.5 Å². The van der Waals surface area contributed by atoms with Gasteiger partial charge in [-0.2, -0.15) is 0 Å². The third kappa shape index (κ3) is 2.65. The fourth-order valence-electron chi connectivity index (χ4n) is 2.35. The Bertz CT molecular complexity index is 820. The molecule has 0 saturated heterocycles. The normalized spacial score (nSPS) is 11.3. The Labute approximate surface area is 123 Å². The lowest BCUT2D eigenvalue weighted by Crippen LogP contribution is -1.82. The van der Waals surface area contributed by atoms with Crippen LogP contribution >= 0.6 is 0 Å². The highest BCUT2D eigenvalue weighted by atomic mass is 16.3. The van der Waals surface area contributed by atoms with Crippen LogP contribution in [0.1, 0.15) is 18.1 Å². The molecule has 0 spiro atoms. The van der Waals surface area contributed by atoms with Crippen LogP contribution in [0.3, 0.4) is 0 Å². The van der Waals surface area contributed by atoms with Gasteiger partial charge in [0.05, 0.1) is 0 Å². The van der Waals surface area contributed by atoms with Crippen LogP contribution in [-0.2, 0) is 4.79 Å². The van der Waals surface area contributed by atoms with E-state index >= 15 is 0 Å². The van der Waals surface area contributed by atoms with Gasteiger partial charge in [0.1, 0.15) is 11.3 Å². The second-order valence-electron chi connectivity index (χ2n) is 5.15. The smallest absolute Gasteiger partial charge is 0.152 e. The van der Waals surface area contributed by atoms with Crippen molar-refractivity contribution in [2.75, 3.05) is 0 Å². The first kappa shape index (κ1) is 13.4. The second-order valence-corrected chi connectivity index (χ2v) is 5.15. The van der Waals surface area contributed by atoms with Crippen LogP contribution in [0.15, 0.2) is 59.0 Å². The fourth-order valence-corrected chi connectivity index (χ4v) is 2.35. The number of hydrogen-bond donors (Lipinski definition) is 0. The Morgan fingerprint density at radius 2 is 1.76 bits per heavy atom. The molecule has 1 heterocycles. The van der Waals surface area contributed by atoms with Crippen molar-refractivity contribution in [2.45, 2.75) is 13.8 Å². The van der Waals surface area contributed by atoms with E-state index < -0.39 is 0 Å². The highest BCUT2D eigenvalue weighted by molar-refractivity contribution is 5.99. The molecule has 0 aliphatic rings. The Hall–Kier alpha value is -2.61. The van der Waals surface area contributed by atoms with E-state index in [1.165, 1.54) is 5.56 Å². The number of carbonyl (C=O) groups excluding carboxylic acids is 1. The summed E-state index contributed by atoms with van der Waals surface area (Å²) in [6.45, 7) is 3.60. The van der Waals surface area contributed by atoms with Crippen LogP contribution in [0.4, 0.5) is 0 Å². The van der Waals surface area contributed by atoms with E-state index in [2.05, 4.69) is 19.1 Å². The van der Waals surface area contributed by atoms with Crippen LogP contribution in [0, 0.1) is 6.92 Å². The Kier molecular flexibility index (Phi) is 3.44. The summed E-state index contributed by atoms with van der Waals surface area (Å²) < 4.78 is 5.99. The zero-order chi connectivity index (χ0) is 14.8. The molecule has 3 rings (SSSR count). The molecule has 0 atom stereocenters. The fraction of sp³-hybridized carbons (Fsp3) is 0.105. The zero-order valence-corrected chi connectivity index (χ0v) is 12.1. The van der Waals surface area contributed by atoms with E-state index in [0.717, 1.165) is 27.9 Å². The number of hydrogen-bond acceptors (Lipinski definition) is 2. The van der Waals surface area contributed by atoms with Gasteiger partial charge in [0.2, 0.25) is 0 Å². The number of allylic oxidation sites excluding steroid dienone is 1. The number of carbonyl (C=O) groups is 1. The summed E-state index contributed by atoms with van der Waals surface area (Å²) in [7, 11) is 0. The first-order chi connectivity index (χ1) is 10.1. The van der Waals surface area contributed by atoms with E-state index in [9.17, 15) is 4.79 Å². The molecule has 0 N–H and O–H groups in total. The first-order valence-electron chi connectivity index (χ1n) is 6.92. The molecule has 0 amide bonds. The SMILES string of the molecule is CC(=O)/C=C/c1c(-c2ccc(C)cc2)oc2ccccc12. The van der Waals surface area contributed by atoms with Gasteiger partial charge in [-0.25, -0.2) is 0 Å². The highest BCUT2D eigenvalue weighted by Crippen LogP contribution is 2.34. The summed E-state index contributed by atoms with van der Waals surface area (Å²) in [6.07, 6.45) is 3.42. The quantitative estimate of drug-likeness (QED) is 0.629. The zero-order valence-electron chi connectivity index (χ0n) is 12.1. The second kappa shape index (κ2) is 5.41. The summed E-state index contributed by atoms with van der Waals surface area (Å²) >= 11 is 0. The van der Waals surface area contributed by atoms with Crippen LogP contribution < -0.4 is 0 Å². The number of benzene rings is 2. The van der Waals surface area contributed by atoms with E-state index in [0.29, 0.717) is 0 Å². The molecule has 0 unspecified atom stereocenters. The standard InChI is InChI=1S/C19H16O2/c1-13-7-10-15(11-8-13)19-17(12-9-14(2)20)16-5-3-4-6-18(16)21-19/h3-12H,1-2H3/b12-9+. The average Bonchev–Trinajstić information content (AvgIpc) is 2.84. The maximum absolute atomic E-state index is 11.3. The van der Waals surface area contributed by atoms with Gasteiger partial charge in [0, 0.05) is 16.5 Å². The minimum atomic E-state index is 0.0233. The largest absolute Gasteiger partial charge is 0.455 e. The minimum Gasteiger partial charge on any atom is -0.455 e. The number of para-hydroxylation sites is 1. The predicted octanol–water partition coefficient (Wildman–Crippen LogP) is 5.01. The number of ketones is 1. The van der Waals surface area contributed by atoms with Gasteiger partial charge in [0.25, 0.3) is 0 Å². The Morgan fingerprint density at radius 3 is 2.48 bits per heavy atom. The van der Waals surface area contributed by atoms with Gasteiger partial charge in [-0.15, -0.1) is 0 Å². The van der Waals surface area contributed by atoms with Crippen molar-refractivity contribution < 1.29 is 9.21 Å². The molecule has 2 nitrogen and oxygen atoms in total. The molecule has 2 heteroatoms. The molecular weight excluding hydrogens is 260 g/mol. The van der Waals surface area contributed by atoms with E-state index in [1.54, 1.807) is 13.0 Å². The molecule has 0 saturated carbocycles. The average molecular weight is 276 g/mol. The van der Waals surface area contributed by atoms with Crippen LogP contribution in [0.5, 0.6) is 0 Å². The summed E-state index contributed by atoms with van der Waals surface area (Å²) in [5.74, 6) is 0.823. The van der Waals surface area contributed by atoms with Gasteiger partial charge < -0.3 is 4.42 Å². The van der Waals surface area contributed by atoms with Crippen LogP contribution in [-0.4, -0.2) is 5.78 Å². The van der Waals surface area contributed by atoms with Crippen LogP contribution in [0.25, 0.3) is 28.4 Å². The number of aryl methyl sites for hydroxylation is 1. The molecular formula is C19H16O2. The van der Waals surface area contributed by atoms with Gasteiger partial charge in [-0.3, -0.25) is 4.79 Å². The molecule has 104 valence electrons. The molecule has 0 aliphatic heterocycles. The Morgan fingerprint density at radius 1 is 1.05 bits per heavy atom. The van der Waals surface area contributed by atoms with Crippen molar-refractivity contribution in [1.29, 1.82) is 0 Å². The molecule has 0 bridgehead atoms. The molecule has 21 heavy (non-hydrogen) atoms. The summed E-state index contributed by atoms with van der Waals surface area (Å²) in [6, 6.07) is 16.1. The van der Waals surface area contributed by atoms with Gasteiger partial charge in [-0.1, -0.05) is 48.0 Å². The monoisotopic (exact) mass is 276 g/mol. The lowest BCUT2D eigenvalue weighted by Gasteiger charge is -2.00. The lowest BCUT2D eigenvalue weighted by atomic mass is 10.0. The third-order valence-corrected chi connectivity index (χ3v) is 3.43. The number of furan rings is 1. The van der Waals surface area contributed by atoms with Gasteiger partial charge in [-0.05, 0) is 32.1 Å². The van der Waals surface area contributed by atoms with Gasteiger partial charge >= 0.3 is 0 Å². The molecule has 2 aromatic carbocycles. The molecule has 1 aromatic heterocycles. The van der Waals surface area contributed by atoms with E-state index in [4.69, 9.17) is 4.42 Å². The van der Waals surface area contributed by atoms with Crippen LogP contribution in [0.2, 0.25) is 0 Å². The molecule has 0 radical (unpaired) electrons. The maximum Gasteiger partial charge on any atom is 0.152 e. The minimum absolute atomic E-state index is 0.0233. The number of fused-ring (bicyclic) bond motifs is 1. The molecule has 3 aromatic rings. The number of rotatable bonds is 3. The van der Waals surface area contributed by atoms with Crippen molar-refractivity contribution >= 4 is 22.8 Å². The third-order valence-electron chi connectivity index (χ3n) is 3.43. The van der Waals surface area contributed by atoms with Crippen molar-refractivity contribution in [1.82, 2.24) is 0 Å². The Balaban J connectivity index is 2.23. The van der Waals surface area contributed by atoms with Gasteiger partial charge in [0.15, 0.2) is 5.78 Å².